The first-order chi connectivity index (χ1) is 47.1. The van der Waals surface area contributed by atoms with Gasteiger partial charge in [-0.1, -0.05) is 396 Å². The maximum atomic E-state index is 12.8. The van der Waals surface area contributed by atoms with Crippen molar-refractivity contribution in [3.05, 3.63) is 149 Å². The summed E-state index contributed by atoms with van der Waals surface area (Å²) in [5, 5.41) is 0. The molecule has 0 saturated heterocycles. The van der Waals surface area contributed by atoms with Crippen LogP contribution in [0.25, 0.3) is 16.9 Å². The Bertz CT molecular complexity index is 2210. The van der Waals surface area contributed by atoms with Crippen molar-refractivity contribution in [3.63, 3.8) is 0 Å². The molecule has 0 atom stereocenters. The molecule has 2 aromatic carbocycles. The Balaban J connectivity index is 0.00000414. The molecule has 2 nitrogen and oxygen atoms in total. The molecular weight excluding hydrogens is 1240 g/mol. The van der Waals surface area contributed by atoms with E-state index in [0.29, 0.717) is 0 Å². The second-order valence-electron chi connectivity index (χ2n) is 28.7. The number of rotatable bonds is 69. The molecule has 1 heterocycles. The SMILES string of the molecule is C=C[CH2][Pd][CH2]C=C.CCCCCCCCCCCCCC=CCCCc1ccccc1C1=C(C=CCCCCCCCCCCCCCCCCCCCCCCCCCCCC)C(CCCC)=C(c2ccccc2CCCC=CCCCCCCCCCCCCC)[N+]1=[N-]. The Kier molecular flexibility index (Phi) is 64.2. The molecule has 1 aliphatic rings. The Morgan fingerprint density at radius 3 is 0.874 bits per heavy atom. The molecule has 0 saturated carbocycles. The number of allylic oxidation sites excluding steroid dienone is 10. The van der Waals surface area contributed by atoms with Crippen LogP contribution in [0, 0.1) is 0 Å². The molecule has 1 aliphatic heterocycles. The molecule has 3 heteroatoms. The largest absolute Gasteiger partial charge is 0.493 e. The molecule has 0 spiro atoms. The van der Waals surface area contributed by atoms with Crippen molar-refractivity contribution in [1.82, 2.24) is 0 Å². The van der Waals surface area contributed by atoms with Gasteiger partial charge in [-0.25, -0.2) is 4.70 Å². The molecule has 0 radical (unpaired) electrons. The van der Waals surface area contributed by atoms with Gasteiger partial charge in [0.2, 0.25) is 11.4 Å². The zero-order valence-electron chi connectivity index (χ0n) is 63.7. The first kappa shape index (κ1) is 88.0. The minimum atomic E-state index is 0.832. The van der Waals surface area contributed by atoms with E-state index in [0.717, 1.165) is 93.6 Å². The molecule has 0 bridgehead atoms. The van der Waals surface area contributed by atoms with E-state index in [4.69, 9.17) is 0 Å². The number of unbranched alkanes of at least 4 members (excludes halogenated alkanes) is 51. The average Bonchev–Trinajstić information content (AvgIpc) is 1.61. The molecule has 95 heavy (non-hydrogen) atoms. The number of nitrogens with zero attached hydrogens (tertiary/aromatic N) is 2. The smallest absolute Gasteiger partial charge is 0.215 e. The summed E-state index contributed by atoms with van der Waals surface area (Å²) in [5.74, 6) is 0. The van der Waals surface area contributed by atoms with Crippen LogP contribution in [0.5, 0.6) is 0 Å². The molecule has 3 rings (SSSR count). The third-order valence-electron chi connectivity index (χ3n) is 19.9. The number of benzene rings is 2. The number of hydrogen-bond donors (Lipinski definition) is 0. The van der Waals surface area contributed by atoms with Crippen LogP contribution in [0.2, 0.25) is 9.79 Å². The third kappa shape index (κ3) is 49.1. The van der Waals surface area contributed by atoms with Gasteiger partial charge in [-0.3, -0.25) is 0 Å². The van der Waals surface area contributed by atoms with Gasteiger partial charge in [-0.15, -0.1) is 0 Å². The summed E-state index contributed by atoms with van der Waals surface area (Å²) in [6.45, 7) is 16.5. The van der Waals surface area contributed by atoms with E-state index in [1.165, 1.54) is 364 Å². The summed E-state index contributed by atoms with van der Waals surface area (Å²) in [4.78, 5) is 2.33. The third-order valence-corrected chi connectivity index (χ3v) is 21.7. The van der Waals surface area contributed by atoms with Crippen LogP contribution in [0.3, 0.4) is 0 Å². The maximum Gasteiger partial charge on any atom is 0.215 e. The second kappa shape index (κ2) is 69.4. The molecule has 544 valence electrons. The van der Waals surface area contributed by atoms with E-state index in [1.807, 2.05) is 12.2 Å². The summed E-state index contributed by atoms with van der Waals surface area (Å²) in [7, 11) is 0. The van der Waals surface area contributed by atoms with Gasteiger partial charge in [0, 0.05) is 16.7 Å². The van der Waals surface area contributed by atoms with Crippen molar-refractivity contribution in [2.75, 3.05) is 0 Å². The molecule has 0 amide bonds. The van der Waals surface area contributed by atoms with Crippen molar-refractivity contribution in [2.24, 2.45) is 0 Å². The van der Waals surface area contributed by atoms with E-state index in [1.54, 1.807) is 4.70 Å². The summed E-state index contributed by atoms with van der Waals surface area (Å²) < 4.78 is 1.64. The Morgan fingerprint density at radius 2 is 0.568 bits per heavy atom. The van der Waals surface area contributed by atoms with E-state index < -0.39 is 0 Å². The van der Waals surface area contributed by atoms with Crippen molar-refractivity contribution >= 4 is 11.4 Å². The normalized spacial score (nSPS) is 12.7. The van der Waals surface area contributed by atoms with Gasteiger partial charge in [0.15, 0.2) is 0 Å². The first-order valence-corrected chi connectivity index (χ1v) is 44.0. The predicted octanol–water partition coefficient (Wildman–Crippen LogP) is 32.6. The standard InChI is InChI=1S/C86H146N2.2C3H5.Pd/c1-5-9-13-16-19-22-25-28-31-34-35-36-37-38-39-40-41-42-43-44-45-48-51-54-57-60-63-66-78-84-83(75-12-8-4)85(81-76-69-67-73-79(81)71-64-61-58-55-52-49-46-32-29-26-23-20-17-14-10-6-2)88(87)86(84)82-77-70-68-74-80(82)72-65-62-59-56-53-50-47-33-30-27-24-21-18-15-11-7-3;2*1-3-2;/h55-56,58-59,66-70,73-74,76-78H,5-54,57,60-65,71-72,75H2,1-4H3;2*3H,1-2H2;. The predicted molar refractivity (Wildman–Crippen MR) is 426 cm³/mol. The van der Waals surface area contributed by atoms with Crippen LogP contribution >= 0.6 is 0 Å². The van der Waals surface area contributed by atoms with Crippen molar-refractivity contribution in [2.45, 2.75) is 423 Å². The summed E-state index contributed by atoms with van der Waals surface area (Å²) in [6.07, 6.45) is 99.8. The zero-order valence-corrected chi connectivity index (χ0v) is 65.3. The molecule has 0 N–H and O–H groups in total. The number of hydrogen-bond acceptors (Lipinski definition) is 0. The van der Waals surface area contributed by atoms with Gasteiger partial charge in [-0.2, -0.15) is 0 Å². The number of aryl methyl sites for hydroxylation is 2. The second-order valence-corrected chi connectivity index (χ2v) is 30.8. The quantitative estimate of drug-likeness (QED) is 0.0273. The van der Waals surface area contributed by atoms with E-state index in [-0.39, 0.29) is 0 Å². The molecular formula is C92H156N2Pd. The fourth-order valence-corrected chi connectivity index (χ4v) is 14.9. The van der Waals surface area contributed by atoms with E-state index >= 15 is 0 Å². The molecule has 0 aliphatic carbocycles. The van der Waals surface area contributed by atoms with Gasteiger partial charge < -0.3 is 5.53 Å². The first-order valence-electron chi connectivity index (χ1n) is 41.9. The Hall–Kier alpha value is -3.12. The van der Waals surface area contributed by atoms with Gasteiger partial charge in [0.1, 0.15) is 0 Å². The fraction of sp³-hybridized carbons (Fsp3) is 0.717. The topological polar surface area (TPSA) is 25.3 Å². The van der Waals surface area contributed by atoms with Crippen LogP contribution in [-0.4, -0.2) is 4.70 Å². The van der Waals surface area contributed by atoms with Gasteiger partial charge in [0.25, 0.3) is 0 Å². The summed E-state index contributed by atoms with van der Waals surface area (Å²) in [5.41, 5.74) is 22.5. The zero-order chi connectivity index (χ0) is 68.1. The van der Waals surface area contributed by atoms with Crippen LogP contribution < -0.4 is 0 Å². The van der Waals surface area contributed by atoms with Crippen LogP contribution in [0.4, 0.5) is 0 Å². The average molecular weight is 1400 g/mol. The minimum Gasteiger partial charge on any atom is -0.493 e. The minimum absolute atomic E-state index is 0.832. The maximum absolute atomic E-state index is 12.8. The van der Waals surface area contributed by atoms with Crippen molar-refractivity contribution in [3.8, 4) is 0 Å². The molecule has 0 unspecified atom stereocenters. The fourth-order valence-electron chi connectivity index (χ4n) is 14.0. The summed E-state index contributed by atoms with van der Waals surface area (Å²) >= 11 is 0.832. The van der Waals surface area contributed by atoms with Gasteiger partial charge in [-0.05, 0) is 113 Å². The molecule has 2 aromatic rings. The van der Waals surface area contributed by atoms with Crippen LogP contribution in [0.15, 0.2) is 121 Å². The Morgan fingerprint density at radius 1 is 0.305 bits per heavy atom. The summed E-state index contributed by atoms with van der Waals surface area (Å²) in [6, 6.07) is 18.1. The van der Waals surface area contributed by atoms with Crippen molar-refractivity contribution < 1.29 is 22.7 Å². The van der Waals surface area contributed by atoms with Crippen LogP contribution in [0.1, 0.15) is 422 Å². The van der Waals surface area contributed by atoms with Gasteiger partial charge in [0.05, 0.1) is 5.57 Å². The molecule has 0 aromatic heterocycles. The van der Waals surface area contributed by atoms with Gasteiger partial charge >= 0.3 is 53.1 Å². The van der Waals surface area contributed by atoms with E-state index in [9.17, 15) is 5.53 Å². The molecule has 0 fully saturated rings. The monoisotopic (exact) mass is 1400 g/mol. The van der Waals surface area contributed by atoms with Crippen molar-refractivity contribution in [1.29, 1.82) is 0 Å². The Labute approximate surface area is 602 Å². The van der Waals surface area contributed by atoms with Crippen LogP contribution in [-0.2, 0) is 30.8 Å². The van der Waals surface area contributed by atoms with E-state index in [2.05, 4.69) is 126 Å².